The molecule has 0 atom stereocenters. The SMILES string of the molecule is NC(CCN(Cc1cc(F)cc(Br)c1)C1CC1)=NO. The van der Waals surface area contributed by atoms with Crippen LogP contribution in [-0.4, -0.2) is 28.5 Å². The highest BCUT2D eigenvalue weighted by Crippen LogP contribution is 2.29. The first-order chi connectivity index (χ1) is 9.08. The molecule has 1 aliphatic carbocycles. The molecule has 1 aromatic rings. The third-order valence-corrected chi connectivity index (χ3v) is 3.61. The maximum atomic E-state index is 13.3. The van der Waals surface area contributed by atoms with Crippen LogP contribution in [0.1, 0.15) is 24.8 Å². The Bertz CT molecular complexity index is 457. The summed E-state index contributed by atoms with van der Waals surface area (Å²) in [6, 6.07) is 5.45. The van der Waals surface area contributed by atoms with Gasteiger partial charge in [0.05, 0.1) is 0 Å². The third kappa shape index (κ3) is 4.47. The van der Waals surface area contributed by atoms with Gasteiger partial charge in [-0.15, -0.1) is 0 Å². The molecule has 0 saturated heterocycles. The van der Waals surface area contributed by atoms with Crippen molar-refractivity contribution in [3.63, 3.8) is 0 Å². The molecular formula is C13H17BrFN3O. The lowest BCUT2D eigenvalue weighted by Crippen LogP contribution is -2.30. The molecule has 2 rings (SSSR count). The van der Waals surface area contributed by atoms with Crippen molar-refractivity contribution in [2.75, 3.05) is 6.54 Å². The summed E-state index contributed by atoms with van der Waals surface area (Å²) >= 11 is 3.30. The first-order valence-corrected chi connectivity index (χ1v) is 7.03. The van der Waals surface area contributed by atoms with Crippen LogP contribution < -0.4 is 5.73 Å². The zero-order chi connectivity index (χ0) is 13.8. The molecule has 0 unspecified atom stereocenters. The summed E-state index contributed by atoms with van der Waals surface area (Å²) < 4.78 is 14.1. The van der Waals surface area contributed by atoms with E-state index in [2.05, 4.69) is 26.0 Å². The van der Waals surface area contributed by atoms with Crippen LogP contribution in [0.15, 0.2) is 27.8 Å². The second kappa shape index (κ2) is 6.34. The predicted molar refractivity (Wildman–Crippen MR) is 75.6 cm³/mol. The molecule has 0 amide bonds. The standard InChI is InChI=1S/C13H17BrFN3O/c14-10-5-9(6-11(15)7-10)8-18(12-1-2-12)4-3-13(16)17-19/h5-7,12,19H,1-4,8H2,(H2,16,17). The minimum atomic E-state index is -0.239. The summed E-state index contributed by atoms with van der Waals surface area (Å²) in [5.41, 5.74) is 6.42. The van der Waals surface area contributed by atoms with Crippen LogP contribution in [0, 0.1) is 5.82 Å². The van der Waals surface area contributed by atoms with Gasteiger partial charge in [0.15, 0.2) is 0 Å². The van der Waals surface area contributed by atoms with Crippen LogP contribution >= 0.6 is 15.9 Å². The van der Waals surface area contributed by atoms with Gasteiger partial charge in [0.2, 0.25) is 0 Å². The summed E-state index contributed by atoms with van der Waals surface area (Å²) in [5.74, 6) is -0.0115. The monoisotopic (exact) mass is 329 g/mol. The van der Waals surface area contributed by atoms with Crippen LogP contribution in [0.25, 0.3) is 0 Å². The van der Waals surface area contributed by atoms with Crippen LogP contribution in [-0.2, 0) is 6.54 Å². The fraction of sp³-hybridized carbons (Fsp3) is 0.462. The van der Waals surface area contributed by atoms with Gasteiger partial charge in [0, 0.05) is 30.0 Å². The minimum absolute atomic E-state index is 0.228. The molecule has 19 heavy (non-hydrogen) atoms. The normalized spacial score (nSPS) is 16.1. The molecule has 1 fully saturated rings. The van der Waals surface area contributed by atoms with Gasteiger partial charge in [-0.2, -0.15) is 0 Å². The van der Waals surface area contributed by atoms with E-state index in [1.165, 1.54) is 6.07 Å². The second-order valence-corrected chi connectivity index (χ2v) is 5.74. The minimum Gasteiger partial charge on any atom is -0.409 e. The Labute approximate surface area is 120 Å². The number of hydrogen-bond acceptors (Lipinski definition) is 3. The summed E-state index contributed by atoms with van der Waals surface area (Å²) in [6.45, 7) is 1.40. The van der Waals surface area contributed by atoms with Gasteiger partial charge in [-0.3, -0.25) is 4.90 Å². The molecule has 104 valence electrons. The highest BCUT2D eigenvalue weighted by molar-refractivity contribution is 9.10. The molecule has 1 aliphatic rings. The van der Waals surface area contributed by atoms with E-state index in [0.29, 0.717) is 25.6 Å². The number of rotatable bonds is 6. The number of nitrogens with two attached hydrogens (primary N) is 1. The van der Waals surface area contributed by atoms with Crippen molar-refractivity contribution in [2.24, 2.45) is 10.9 Å². The number of oxime groups is 1. The Balaban J connectivity index is 1.99. The molecule has 1 saturated carbocycles. The molecule has 1 aromatic carbocycles. The first kappa shape index (κ1) is 14.3. The Hall–Kier alpha value is -1.14. The zero-order valence-corrected chi connectivity index (χ0v) is 12.1. The average Bonchev–Trinajstić information content (AvgIpc) is 3.16. The Morgan fingerprint density at radius 3 is 2.79 bits per heavy atom. The van der Waals surface area contributed by atoms with Crippen molar-refractivity contribution >= 4 is 21.8 Å². The molecule has 6 heteroatoms. The molecule has 4 nitrogen and oxygen atoms in total. The average molecular weight is 330 g/mol. The highest BCUT2D eigenvalue weighted by Gasteiger charge is 2.28. The molecule has 0 aliphatic heterocycles. The van der Waals surface area contributed by atoms with Crippen molar-refractivity contribution in [3.05, 3.63) is 34.1 Å². The quantitative estimate of drug-likeness (QED) is 0.365. The van der Waals surface area contributed by atoms with Gasteiger partial charge in [-0.25, -0.2) is 4.39 Å². The van der Waals surface area contributed by atoms with Crippen molar-refractivity contribution in [1.82, 2.24) is 4.90 Å². The fourth-order valence-corrected chi connectivity index (χ4v) is 2.59. The lowest BCUT2D eigenvalue weighted by molar-refractivity contribution is 0.259. The van der Waals surface area contributed by atoms with Crippen molar-refractivity contribution in [3.8, 4) is 0 Å². The number of halogens is 2. The molecule has 3 N–H and O–H groups in total. The summed E-state index contributed by atoms with van der Waals surface area (Å²) in [5, 5.41) is 11.5. The maximum Gasteiger partial charge on any atom is 0.140 e. The van der Waals surface area contributed by atoms with Crippen molar-refractivity contribution < 1.29 is 9.60 Å². The van der Waals surface area contributed by atoms with Gasteiger partial charge < -0.3 is 10.9 Å². The first-order valence-electron chi connectivity index (χ1n) is 6.24. The fourth-order valence-electron chi connectivity index (χ4n) is 2.08. The number of nitrogens with zero attached hydrogens (tertiary/aromatic N) is 2. The van der Waals surface area contributed by atoms with Crippen LogP contribution in [0.5, 0.6) is 0 Å². The molecule has 0 radical (unpaired) electrons. The van der Waals surface area contributed by atoms with Gasteiger partial charge in [0.1, 0.15) is 11.7 Å². The van der Waals surface area contributed by atoms with E-state index in [0.717, 1.165) is 22.9 Å². The smallest absolute Gasteiger partial charge is 0.140 e. The Morgan fingerprint density at radius 2 is 2.21 bits per heavy atom. The van der Waals surface area contributed by atoms with Gasteiger partial charge in [-0.05, 0) is 36.6 Å². The second-order valence-electron chi connectivity index (χ2n) is 4.82. The zero-order valence-electron chi connectivity index (χ0n) is 10.5. The van der Waals surface area contributed by atoms with E-state index in [-0.39, 0.29) is 11.7 Å². The summed E-state index contributed by atoms with van der Waals surface area (Å²) in [4.78, 5) is 2.25. The van der Waals surface area contributed by atoms with E-state index < -0.39 is 0 Å². The molecule has 0 spiro atoms. The van der Waals surface area contributed by atoms with Crippen LogP contribution in [0.4, 0.5) is 4.39 Å². The Morgan fingerprint density at radius 1 is 1.47 bits per heavy atom. The number of benzene rings is 1. The topological polar surface area (TPSA) is 61.8 Å². The Kier molecular flexibility index (Phi) is 4.76. The van der Waals surface area contributed by atoms with Gasteiger partial charge >= 0.3 is 0 Å². The van der Waals surface area contributed by atoms with Crippen molar-refractivity contribution in [2.45, 2.75) is 31.8 Å². The molecular weight excluding hydrogens is 313 g/mol. The summed E-state index contributed by atoms with van der Waals surface area (Å²) in [6.07, 6.45) is 2.84. The van der Waals surface area contributed by atoms with E-state index in [4.69, 9.17) is 10.9 Å². The lowest BCUT2D eigenvalue weighted by Gasteiger charge is -2.21. The van der Waals surface area contributed by atoms with Crippen LogP contribution in [0.2, 0.25) is 0 Å². The predicted octanol–water partition coefficient (Wildman–Crippen LogP) is 2.69. The van der Waals surface area contributed by atoms with Crippen LogP contribution in [0.3, 0.4) is 0 Å². The highest BCUT2D eigenvalue weighted by atomic mass is 79.9. The third-order valence-electron chi connectivity index (χ3n) is 3.15. The van der Waals surface area contributed by atoms with Gasteiger partial charge in [0.25, 0.3) is 0 Å². The summed E-state index contributed by atoms with van der Waals surface area (Å²) in [7, 11) is 0. The van der Waals surface area contributed by atoms with E-state index in [1.807, 2.05) is 6.07 Å². The maximum absolute atomic E-state index is 13.3. The molecule has 0 bridgehead atoms. The van der Waals surface area contributed by atoms with E-state index in [1.54, 1.807) is 6.07 Å². The van der Waals surface area contributed by atoms with E-state index >= 15 is 0 Å². The number of amidine groups is 1. The van der Waals surface area contributed by atoms with Crippen molar-refractivity contribution in [1.29, 1.82) is 0 Å². The van der Waals surface area contributed by atoms with E-state index in [9.17, 15) is 4.39 Å². The lowest BCUT2D eigenvalue weighted by atomic mass is 10.2. The van der Waals surface area contributed by atoms with Gasteiger partial charge in [-0.1, -0.05) is 21.1 Å². The molecule has 0 heterocycles. The molecule has 0 aromatic heterocycles. The number of hydrogen-bond donors (Lipinski definition) is 2. The largest absolute Gasteiger partial charge is 0.409 e.